The molecule has 1 aliphatic rings. The number of nitrogens with zero attached hydrogens (tertiary/aromatic N) is 2. The molecule has 1 fully saturated rings. The fraction of sp³-hybridized carbons (Fsp3) is 0.375. The van der Waals surface area contributed by atoms with Crippen LogP contribution in [-0.4, -0.2) is 56.5 Å². The van der Waals surface area contributed by atoms with E-state index in [0.717, 1.165) is 23.1 Å². The van der Waals surface area contributed by atoms with Crippen LogP contribution in [0.3, 0.4) is 0 Å². The maximum absolute atomic E-state index is 11.8. The molecule has 1 saturated heterocycles. The van der Waals surface area contributed by atoms with Gasteiger partial charge >= 0.3 is 0 Å². The van der Waals surface area contributed by atoms with Crippen LogP contribution in [0, 0.1) is 12.3 Å². The SMILES string of the molecule is C#CCOc1ccc(/C=N/NC(=O)CN2CCOCC2)cc1Br. The zero-order chi connectivity index (χ0) is 16.5. The van der Waals surface area contributed by atoms with E-state index in [1.807, 2.05) is 17.0 Å². The van der Waals surface area contributed by atoms with Gasteiger partial charge in [-0.05, 0) is 39.7 Å². The van der Waals surface area contributed by atoms with Crippen molar-refractivity contribution < 1.29 is 14.3 Å². The Balaban J connectivity index is 1.81. The average Bonchev–Trinajstić information content (AvgIpc) is 2.55. The van der Waals surface area contributed by atoms with Crippen molar-refractivity contribution in [3.63, 3.8) is 0 Å². The van der Waals surface area contributed by atoms with E-state index in [-0.39, 0.29) is 12.5 Å². The highest BCUT2D eigenvalue weighted by Gasteiger charge is 2.13. The Labute approximate surface area is 144 Å². The number of terminal acetylenes is 1. The molecule has 0 aliphatic carbocycles. The standard InChI is InChI=1S/C16H18BrN3O3/c1-2-7-23-15-4-3-13(10-14(15)17)11-18-19-16(21)12-20-5-8-22-9-6-20/h1,3-4,10-11H,5-9,12H2,(H,19,21)/b18-11+. The molecule has 23 heavy (non-hydrogen) atoms. The molecule has 7 heteroatoms. The predicted octanol–water partition coefficient (Wildman–Crippen LogP) is 1.24. The van der Waals surface area contributed by atoms with Gasteiger partial charge in [0.1, 0.15) is 12.4 Å². The van der Waals surface area contributed by atoms with Gasteiger partial charge in [-0.1, -0.05) is 5.92 Å². The van der Waals surface area contributed by atoms with Crippen LogP contribution in [-0.2, 0) is 9.53 Å². The summed E-state index contributed by atoms with van der Waals surface area (Å²) in [6, 6.07) is 5.45. The minimum Gasteiger partial charge on any atom is -0.480 e. The summed E-state index contributed by atoms with van der Waals surface area (Å²) in [4.78, 5) is 13.8. The van der Waals surface area contributed by atoms with Crippen LogP contribution in [0.4, 0.5) is 0 Å². The molecule has 0 saturated carbocycles. The number of hydrogen-bond donors (Lipinski definition) is 1. The van der Waals surface area contributed by atoms with Gasteiger partial charge in [-0.3, -0.25) is 9.69 Å². The third-order valence-electron chi connectivity index (χ3n) is 3.14. The molecule has 0 bridgehead atoms. The number of halogens is 1. The number of morpholine rings is 1. The first-order valence-corrected chi connectivity index (χ1v) is 7.96. The fourth-order valence-corrected chi connectivity index (χ4v) is 2.52. The smallest absolute Gasteiger partial charge is 0.254 e. The number of carbonyl (C=O) groups excluding carboxylic acids is 1. The number of hydrogen-bond acceptors (Lipinski definition) is 5. The minimum absolute atomic E-state index is 0.142. The van der Waals surface area contributed by atoms with Crippen molar-refractivity contribution in [2.45, 2.75) is 0 Å². The topological polar surface area (TPSA) is 63.2 Å². The van der Waals surface area contributed by atoms with Crippen LogP contribution in [0.2, 0.25) is 0 Å². The Bertz CT molecular complexity index is 607. The molecule has 0 radical (unpaired) electrons. The quantitative estimate of drug-likeness (QED) is 0.458. The first-order chi connectivity index (χ1) is 11.2. The second-order valence-corrected chi connectivity index (χ2v) is 5.72. The Morgan fingerprint density at radius 2 is 2.30 bits per heavy atom. The van der Waals surface area contributed by atoms with E-state index in [1.54, 1.807) is 12.3 Å². The monoisotopic (exact) mass is 379 g/mol. The third kappa shape index (κ3) is 6.02. The minimum atomic E-state index is -0.142. The number of carbonyl (C=O) groups is 1. The highest BCUT2D eigenvalue weighted by atomic mass is 79.9. The van der Waals surface area contributed by atoms with Gasteiger partial charge in [0.05, 0.1) is 30.4 Å². The summed E-state index contributed by atoms with van der Waals surface area (Å²) in [6.07, 6.45) is 6.73. The lowest BCUT2D eigenvalue weighted by molar-refractivity contribution is -0.123. The molecular weight excluding hydrogens is 362 g/mol. The third-order valence-corrected chi connectivity index (χ3v) is 3.76. The van der Waals surface area contributed by atoms with Crippen molar-refractivity contribution in [2.75, 3.05) is 39.5 Å². The van der Waals surface area contributed by atoms with Crippen LogP contribution in [0.15, 0.2) is 27.8 Å². The van der Waals surface area contributed by atoms with Gasteiger partial charge in [0.25, 0.3) is 5.91 Å². The molecule has 0 aromatic heterocycles. The van der Waals surface area contributed by atoms with Crippen LogP contribution < -0.4 is 10.2 Å². The summed E-state index contributed by atoms with van der Waals surface area (Å²) < 4.78 is 11.4. The Morgan fingerprint density at radius 3 is 3.00 bits per heavy atom. The predicted molar refractivity (Wildman–Crippen MR) is 91.5 cm³/mol. The molecule has 1 amide bonds. The normalized spacial score (nSPS) is 15.3. The molecule has 6 nitrogen and oxygen atoms in total. The van der Waals surface area contributed by atoms with Gasteiger partial charge in [-0.15, -0.1) is 6.42 Å². The number of amides is 1. The lowest BCUT2D eigenvalue weighted by Crippen LogP contribution is -2.42. The van der Waals surface area contributed by atoms with Crippen molar-refractivity contribution in [3.8, 4) is 18.1 Å². The number of ether oxygens (including phenoxy) is 2. The first-order valence-electron chi connectivity index (χ1n) is 7.17. The van der Waals surface area contributed by atoms with Gasteiger partial charge in [0.15, 0.2) is 0 Å². The van der Waals surface area contributed by atoms with Crippen LogP contribution in [0.25, 0.3) is 0 Å². The maximum Gasteiger partial charge on any atom is 0.254 e. The molecule has 2 rings (SSSR count). The van der Waals surface area contributed by atoms with Crippen LogP contribution >= 0.6 is 15.9 Å². The first kappa shape index (κ1) is 17.5. The fourth-order valence-electron chi connectivity index (χ4n) is 2.01. The summed E-state index contributed by atoms with van der Waals surface area (Å²) in [5.74, 6) is 2.93. The van der Waals surface area contributed by atoms with Crippen molar-refractivity contribution in [1.82, 2.24) is 10.3 Å². The maximum atomic E-state index is 11.8. The summed E-state index contributed by atoms with van der Waals surface area (Å²) >= 11 is 3.40. The van der Waals surface area contributed by atoms with E-state index >= 15 is 0 Å². The molecule has 1 N–H and O–H groups in total. The van der Waals surface area contributed by atoms with E-state index in [1.165, 1.54) is 0 Å². The van der Waals surface area contributed by atoms with E-state index < -0.39 is 0 Å². The van der Waals surface area contributed by atoms with E-state index in [4.69, 9.17) is 15.9 Å². The number of benzene rings is 1. The Hall–Kier alpha value is -1.88. The van der Waals surface area contributed by atoms with Crippen LogP contribution in [0.5, 0.6) is 5.75 Å². The summed E-state index contributed by atoms with van der Waals surface area (Å²) in [5, 5.41) is 3.96. The van der Waals surface area contributed by atoms with Gasteiger partial charge in [-0.2, -0.15) is 5.10 Å². The Kier molecular flexibility index (Phi) is 7.07. The van der Waals surface area contributed by atoms with Gasteiger partial charge in [0, 0.05) is 13.1 Å². The zero-order valence-electron chi connectivity index (χ0n) is 12.6. The van der Waals surface area contributed by atoms with Crippen LogP contribution in [0.1, 0.15) is 5.56 Å². The van der Waals surface area contributed by atoms with Crippen molar-refractivity contribution in [1.29, 1.82) is 0 Å². The molecule has 1 aromatic rings. The molecule has 122 valence electrons. The average molecular weight is 380 g/mol. The number of nitrogens with one attached hydrogen (secondary N) is 1. The van der Waals surface area contributed by atoms with Crippen molar-refractivity contribution in [2.24, 2.45) is 5.10 Å². The van der Waals surface area contributed by atoms with E-state index in [0.29, 0.717) is 25.5 Å². The lowest BCUT2D eigenvalue weighted by atomic mass is 10.2. The van der Waals surface area contributed by atoms with E-state index in [9.17, 15) is 4.79 Å². The molecule has 0 spiro atoms. The highest BCUT2D eigenvalue weighted by Crippen LogP contribution is 2.25. The van der Waals surface area contributed by atoms with E-state index in [2.05, 4.69) is 32.4 Å². The van der Waals surface area contributed by atoms with Gasteiger partial charge in [-0.25, -0.2) is 5.43 Å². The molecule has 1 aliphatic heterocycles. The van der Waals surface area contributed by atoms with Crippen molar-refractivity contribution >= 4 is 28.1 Å². The molecule has 0 unspecified atom stereocenters. The van der Waals surface area contributed by atoms with Gasteiger partial charge < -0.3 is 9.47 Å². The largest absolute Gasteiger partial charge is 0.480 e. The van der Waals surface area contributed by atoms with Gasteiger partial charge in [0.2, 0.25) is 0 Å². The second kappa shape index (κ2) is 9.30. The second-order valence-electron chi connectivity index (χ2n) is 4.86. The summed E-state index contributed by atoms with van der Waals surface area (Å²) in [6.45, 7) is 3.40. The highest BCUT2D eigenvalue weighted by molar-refractivity contribution is 9.10. The summed E-state index contributed by atoms with van der Waals surface area (Å²) in [5.41, 5.74) is 3.35. The summed E-state index contributed by atoms with van der Waals surface area (Å²) in [7, 11) is 0. The lowest BCUT2D eigenvalue weighted by Gasteiger charge is -2.25. The zero-order valence-corrected chi connectivity index (χ0v) is 14.2. The van der Waals surface area contributed by atoms with Crippen molar-refractivity contribution in [3.05, 3.63) is 28.2 Å². The molecular formula is C16H18BrN3O3. The number of hydrazone groups is 1. The Morgan fingerprint density at radius 1 is 1.52 bits per heavy atom. The molecule has 1 heterocycles. The molecule has 0 atom stereocenters. The molecule has 1 aromatic carbocycles. The number of rotatable bonds is 6.